The lowest BCUT2D eigenvalue weighted by atomic mass is 9.77. The van der Waals surface area contributed by atoms with E-state index in [1.165, 1.54) is 12.0 Å². The van der Waals surface area contributed by atoms with Crippen molar-refractivity contribution in [2.45, 2.75) is 52.5 Å². The lowest BCUT2D eigenvalue weighted by Crippen LogP contribution is -2.36. The smallest absolute Gasteiger partial charge is 0.253 e. The first kappa shape index (κ1) is 20.1. The summed E-state index contributed by atoms with van der Waals surface area (Å²) in [7, 11) is 1.59. The number of fused-ring (bicyclic) bond motifs is 1. The molecule has 2 aromatic rings. The van der Waals surface area contributed by atoms with Crippen LogP contribution in [0.2, 0.25) is 0 Å². The van der Waals surface area contributed by atoms with Gasteiger partial charge in [0.1, 0.15) is 0 Å². The van der Waals surface area contributed by atoms with Gasteiger partial charge < -0.3 is 10.6 Å². The number of carbonyl (C=O) groups excluding carboxylic acids is 2. The molecule has 0 unspecified atom stereocenters. The monoisotopic (exact) mass is 379 g/mol. The maximum absolute atomic E-state index is 12.5. The minimum atomic E-state index is -0.245. The fourth-order valence-electron chi connectivity index (χ4n) is 3.60. The molecule has 1 atom stereocenters. The number of aromatic nitrogens is 1. The number of allylic oxidation sites excluding steroid dienone is 2. The number of rotatable bonds is 5. The molecule has 1 aromatic heterocycles. The van der Waals surface area contributed by atoms with Crippen molar-refractivity contribution in [1.82, 2.24) is 15.6 Å². The number of carbonyl (C=O) groups is 2. The summed E-state index contributed by atoms with van der Waals surface area (Å²) in [6.07, 6.45) is 7.49. The number of nitrogens with zero attached hydrogens (tertiary/aromatic N) is 1. The van der Waals surface area contributed by atoms with Gasteiger partial charge in [-0.2, -0.15) is 0 Å². The Morgan fingerprint density at radius 3 is 2.75 bits per heavy atom. The zero-order chi connectivity index (χ0) is 20.3. The normalized spacial score (nSPS) is 16.9. The van der Waals surface area contributed by atoms with Crippen LogP contribution in [-0.4, -0.2) is 29.9 Å². The van der Waals surface area contributed by atoms with Crippen molar-refractivity contribution < 1.29 is 9.59 Å². The van der Waals surface area contributed by atoms with Crippen LogP contribution in [0.1, 0.15) is 62.4 Å². The van der Waals surface area contributed by atoms with Gasteiger partial charge in [0, 0.05) is 36.7 Å². The summed E-state index contributed by atoms with van der Waals surface area (Å²) in [5, 5.41) is 6.38. The second-order valence-electron chi connectivity index (χ2n) is 8.45. The Hall–Kier alpha value is -2.69. The van der Waals surface area contributed by atoms with Crippen molar-refractivity contribution in [3.63, 3.8) is 0 Å². The lowest BCUT2D eigenvalue weighted by molar-refractivity contribution is -0.120. The molecule has 2 amide bonds. The second-order valence-corrected chi connectivity index (χ2v) is 8.45. The van der Waals surface area contributed by atoms with Crippen LogP contribution in [0.25, 0.3) is 16.5 Å². The van der Waals surface area contributed by atoms with Crippen molar-refractivity contribution in [3.05, 3.63) is 47.7 Å². The van der Waals surface area contributed by atoms with E-state index in [0.717, 1.165) is 29.3 Å². The molecular weight excluding hydrogens is 350 g/mol. The molecular formula is C23H29N3O2. The summed E-state index contributed by atoms with van der Waals surface area (Å²) in [6.45, 7) is 6.42. The number of nitrogens with one attached hydrogen (secondary N) is 2. The summed E-state index contributed by atoms with van der Waals surface area (Å²) >= 11 is 0. The number of amides is 2. The molecule has 5 nitrogen and oxygen atoms in total. The van der Waals surface area contributed by atoms with E-state index in [1.807, 2.05) is 25.1 Å². The molecule has 0 saturated carbocycles. The summed E-state index contributed by atoms with van der Waals surface area (Å²) in [4.78, 5) is 28.6. The van der Waals surface area contributed by atoms with Crippen molar-refractivity contribution >= 4 is 28.3 Å². The molecule has 1 aromatic carbocycles. The summed E-state index contributed by atoms with van der Waals surface area (Å²) in [5.74, 6) is -0.312. The van der Waals surface area contributed by atoms with Gasteiger partial charge in [0.05, 0.1) is 11.1 Å². The zero-order valence-corrected chi connectivity index (χ0v) is 17.1. The fourth-order valence-corrected chi connectivity index (χ4v) is 3.60. The number of pyridine rings is 1. The molecule has 0 aliphatic heterocycles. The summed E-state index contributed by atoms with van der Waals surface area (Å²) in [6, 6.07) is 7.76. The number of para-hydroxylation sites is 1. The van der Waals surface area contributed by atoms with Crippen LogP contribution < -0.4 is 10.6 Å². The predicted molar refractivity (Wildman–Crippen MR) is 113 cm³/mol. The minimum Gasteiger partial charge on any atom is -0.359 e. The Labute approximate surface area is 166 Å². The third-order valence-corrected chi connectivity index (χ3v) is 5.44. The van der Waals surface area contributed by atoms with E-state index in [9.17, 15) is 9.59 Å². The SMILES string of the molecule is CNC(=O)C[C@@H](C)NC(=O)c1cnc2c(C3=CCC(C)(C)CC3)cccc2c1. The van der Waals surface area contributed by atoms with E-state index in [1.54, 1.807) is 13.2 Å². The average molecular weight is 380 g/mol. The third-order valence-electron chi connectivity index (χ3n) is 5.44. The number of hydrogen-bond donors (Lipinski definition) is 2. The first-order valence-electron chi connectivity index (χ1n) is 9.89. The summed E-state index contributed by atoms with van der Waals surface area (Å²) in [5.41, 5.74) is 4.30. The molecule has 1 aliphatic rings. The van der Waals surface area contributed by atoms with E-state index in [0.29, 0.717) is 11.0 Å². The van der Waals surface area contributed by atoms with Crippen molar-refractivity contribution in [2.24, 2.45) is 5.41 Å². The second kappa shape index (κ2) is 8.13. The molecule has 0 spiro atoms. The van der Waals surface area contributed by atoms with Crippen LogP contribution in [0.15, 0.2) is 36.5 Å². The van der Waals surface area contributed by atoms with Crippen LogP contribution >= 0.6 is 0 Å². The van der Waals surface area contributed by atoms with E-state index < -0.39 is 0 Å². The molecule has 28 heavy (non-hydrogen) atoms. The molecule has 5 heteroatoms. The Bertz CT molecular complexity index is 931. The molecule has 0 radical (unpaired) electrons. The molecule has 0 fully saturated rings. The van der Waals surface area contributed by atoms with Gasteiger partial charge in [-0.15, -0.1) is 0 Å². The molecule has 1 aliphatic carbocycles. The molecule has 3 rings (SSSR count). The average Bonchev–Trinajstić information content (AvgIpc) is 2.67. The van der Waals surface area contributed by atoms with Crippen LogP contribution in [0, 0.1) is 5.41 Å². The highest BCUT2D eigenvalue weighted by Crippen LogP contribution is 2.39. The minimum absolute atomic E-state index is 0.0991. The lowest BCUT2D eigenvalue weighted by Gasteiger charge is -2.29. The van der Waals surface area contributed by atoms with Crippen molar-refractivity contribution in [2.75, 3.05) is 7.05 Å². The largest absolute Gasteiger partial charge is 0.359 e. The van der Waals surface area contributed by atoms with Gasteiger partial charge >= 0.3 is 0 Å². The van der Waals surface area contributed by atoms with Crippen molar-refractivity contribution in [3.8, 4) is 0 Å². The molecule has 0 bridgehead atoms. The molecule has 1 heterocycles. The van der Waals surface area contributed by atoms with E-state index in [4.69, 9.17) is 0 Å². The van der Waals surface area contributed by atoms with Gasteiger partial charge in [0.15, 0.2) is 0 Å². The Morgan fingerprint density at radius 2 is 2.07 bits per heavy atom. The maximum atomic E-state index is 12.5. The van der Waals surface area contributed by atoms with Crippen molar-refractivity contribution in [1.29, 1.82) is 0 Å². The van der Waals surface area contributed by atoms with Gasteiger partial charge in [0.25, 0.3) is 5.91 Å². The predicted octanol–water partition coefficient (Wildman–Crippen LogP) is 4.08. The van der Waals surface area contributed by atoms with Crippen LogP contribution in [0.4, 0.5) is 0 Å². The zero-order valence-electron chi connectivity index (χ0n) is 17.1. The van der Waals surface area contributed by atoms with Crippen LogP contribution in [0.3, 0.4) is 0 Å². The van der Waals surface area contributed by atoms with Gasteiger partial charge in [-0.1, -0.05) is 38.1 Å². The Balaban J connectivity index is 1.82. The number of benzene rings is 1. The third kappa shape index (κ3) is 4.58. The highest BCUT2D eigenvalue weighted by Gasteiger charge is 2.23. The molecule has 148 valence electrons. The maximum Gasteiger partial charge on any atom is 0.253 e. The highest BCUT2D eigenvalue weighted by molar-refractivity contribution is 5.99. The standard InChI is InChI=1S/C23H29N3O2/c1-15(12-20(27)24-4)26-22(28)18-13-17-6-5-7-19(21(17)25-14-18)16-8-10-23(2,3)11-9-16/h5-8,13-15H,9-12H2,1-4H3,(H,24,27)(H,26,28)/t15-/m1/s1. The van der Waals surface area contributed by atoms with Gasteiger partial charge in [-0.3, -0.25) is 14.6 Å². The highest BCUT2D eigenvalue weighted by atomic mass is 16.2. The molecule has 0 saturated heterocycles. The van der Waals surface area contributed by atoms with E-state index in [2.05, 4.69) is 41.6 Å². The van der Waals surface area contributed by atoms with Gasteiger partial charge in [-0.25, -0.2) is 0 Å². The summed E-state index contributed by atoms with van der Waals surface area (Å²) < 4.78 is 0. The first-order valence-corrected chi connectivity index (χ1v) is 9.89. The quantitative estimate of drug-likeness (QED) is 0.822. The van der Waals surface area contributed by atoms with Crippen LogP contribution in [0.5, 0.6) is 0 Å². The van der Waals surface area contributed by atoms with E-state index in [-0.39, 0.29) is 24.3 Å². The Kier molecular flexibility index (Phi) is 5.82. The molecule has 2 N–H and O–H groups in total. The van der Waals surface area contributed by atoms with E-state index >= 15 is 0 Å². The van der Waals surface area contributed by atoms with Crippen LogP contribution in [-0.2, 0) is 4.79 Å². The topological polar surface area (TPSA) is 71.1 Å². The first-order chi connectivity index (χ1) is 13.3. The van der Waals surface area contributed by atoms with Gasteiger partial charge in [-0.05, 0) is 43.2 Å². The number of hydrogen-bond acceptors (Lipinski definition) is 3. The fraction of sp³-hybridized carbons (Fsp3) is 0.435. The Morgan fingerprint density at radius 1 is 1.29 bits per heavy atom. The van der Waals surface area contributed by atoms with Gasteiger partial charge in [0.2, 0.25) is 5.91 Å².